The van der Waals surface area contributed by atoms with E-state index in [-0.39, 0.29) is 11.5 Å². The number of hydrogen-bond donors (Lipinski definition) is 1. The Kier molecular flexibility index (Phi) is 7.29. The zero-order valence-electron chi connectivity index (χ0n) is 20.7. The van der Waals surface area contributed by atoms with Crippen molar-refractivity contribution in [1.82, 2.24) is 29.3 Å². The molecule has 0 unspecified atom stereocenters. The molecule has 8 nitrogen and oxygen atoms in total. The standard InChI is InChI=1S/C27H36N6O2/c1-2-32-24-12-16-31(19-21-10-6-5-7-11-21)20-23(24)27(35)33-26(32)22(18-29-33)25(34)28-13-17-30-14-8-3-4-9-15-30/h5-7,10-11,18H,2-4,8-9,12-17,19-20H2,1H3,(H,28,34). The van der Waals surface area contributed by atoms with Crippen LogP contribution in [0.4, 0.5) is 0 Å². The Morgan fingerprint density at radius 3 is 2.54 bits per heavy atom. The molecule has 1 saturated heterocycles. The van der Waals surface area contributed by atoms with Crippen molar-refractivity contribution in [2.75, 3.05) is 32.7 Å². The number of aromatic nitrogens is 3. The quantitative estimate of drug-likeness (QED) is 0.568. The molecule has 0 atom stereocenters. The van der Waals surface area contributed by atoms with Crippen molar-refractivity contribution < 1.29 is 4.79 Å². The monoisotopic (exact) mass is 476 g/mol. The number of rotatable bonds is 7. The number of aryl methyl sites for hydroxylation is 1. The number of carbonyl (C=O) groups is 1. The van der Waals surface area contributed by atoms with Gasteiger partial charge in [0.1, 0.15) is 5.56 Å². The fourth-order valence-corrected chi connectivity index (χ4v) is 5.56. The van der Waals surface area contributed by atoms with Crippen molar-refractivity contribution in [2.45, 2.75) is 58.7 Å². The first-order chi connectivity index (χ1) is 17.2. The lowest BCUT2D eigenvalue weighted by atomic mass is 10.0. The molecule has 1 fully saturated rings. The zero-order chi connectivity index (χ0) is 24.2. The van der Waals surface area contributed by atoms with Crippen LogP contribution in [-0.4, -0.2) is 62.6 Å². The molecule has 0 radical (unpaired) electrons. The van der Waals surface area contributed by atoms with Gasteiger partial charge >= 0.3 is 0 Å². The van der Waals surface area contributed by atoms with Crippen LogP contribution in [0.15, 0.2) is 41.3 Å². The first-order valence-corrected chi connectivity index (χ1v) is 13.0. The van der Waals surface area contributed by atoms with Crippen molar-refractivity contribution in [1.29, 1.82) is 0 Å². The third kappa shape index (κ3) is 5.04. The van der Waals surface area contributed by atoms with E-state index in [1.165, 1.54) is 35.8 Å². The maximum absolute atomic E-state index is 13.5. The molecule has 1 aromatic carbocycles. The summed E-state index contributed by atoms with van der Waals surface area (Å²) in [5, 5.41) is 7.44. The van der Waals surface area contributed by atoms with Gasteiger partial charge in [-0.05, 0) is 38.4 Å². The fourth-order valence-electron chi connectivity index (χ4n) is 5.56. The molecule has 0 aliphatic carbocycles. The maximum atomic E-state index is 13.5. The van der Waals surface area contributed by atoms with Gasteiger partial charge in [-0.3, -0.25) is 14.5 Å². The van der Waals surface area contributed by atoms with E-state index in [1.54, 1.807) is 6.20 Å². The lowest BCUT2D eigenvalue weighted by Gasteiger charge is -2.30. The number of amides is 1. The molecule has 1 N–H and O–H groups in total. The number of fused-ring (bicyclic) bond motifs is 2. The Bertz CT molecular complexity index is 1220. The summed E-state index contributed by atoms with van der Waals surface area (Å²) < 4.78 is 3.55. The van der Waals surface area contributed by atoms with Crippen LogP contribution < -0.4 is 10.9 Å². The number of hydrogen-bond acceptors (Lipinski definition) is 5. The van der Waals surface area contributed by atoms with Crippen LogP contribution in [-0.2, 0) is 26.1 Å². The predicted octanol–water partition coefficient (Wildman–Crippen LogP) is 2.68. The number of carbonyl (C=O) groups excluding carboxylic acids is 1. The summed E-state index contributed by atoms with van der Waals surface area (Å²) in [4.78, 5) is 31.3. The number of nitrogens with one attached hydrogen (secondary N) is 1. The first kappa shape index (κ1) is 23.8. The third-order valence-electron chi connectivity index (χ3n) is 7.39. The molecular formula is C27H36N6O2. The molecule has 0 saturated carbocycles. The molecule has 4 heterocycles. The third-order valence-corrected chi connectivity index (χ3v) is 7.39. The van der Waals surface area contributed by atoms with Crippen LogP contribution in [0.3, 0.4) is 0 Å². The van der Waals surface area contributed by atoms with Gasteiger partial charge < -0.3 is 14.8 Å². The van der Waals surface area contributed by atoms with Crippen LogP contribution in [0.5, 0.6) is 0 Å². The second kappa shape index (κ2) is 10.7. The van der Waals surface area contributed by atoms with E-state index in [4.69, 9.17) is 0 Å². The summed E-state index contributed by atoms with van der Waals surface area (Å²) in [6.07, 6.45) is 7.40. The van der Waals surface area contributed by atoms with Crippen molar-refractivity contribution in [3.8, 4) is 0 Å². The van der Waals surface area contributed by atoms with Crippen LogP contribution in [0, 0.1) is 0 Å². The van der Waals surface area contributed by atoms with E-state index in [0.29, 0.717) is 30.8 Å². The lowest BCUT2D eigenvalue weighted by Crippen LogP contribution is -2.39. The molecule has 186 valence electrons. The van der Waals surface area contributed by atoms with Gasteiger partial charge in [-0.2, -0.15) is 9.61 Å². The topological polar surface area (TPSA) is 74.9 Å². The lowest BCUT2D eigenvalue weighted by molar-refractivity contribution is 0.0949. The summed E-state index contributed by atoms with van der Waals surface area (Å²) in [7, 11) is 0. The second-order valence-corrected chi connectivity index (χ2v) is 9.73. The van der Waals surface area contributed by atoms with Gasteiger partial charge in [0.05, 0.1) is 11.8 Å². The van der Waals surface area contributed by atoms with Crippen LogP contribution in [0.25, 0.3) is 5.65 Å². The van der Waals surface area contributed by atoms with E-state index >= 15 is 0 Å². The smallest absolute Gasteiger partial charge is 0.279 e. The minimum atomic E-state index is -0.155. The molecule has 2 aliphatic rings. The Morgan fingerprint density at radius 1 is 1.03 bits per heavy atom. The molecule has 35 heavy (non-hydrogen) atoms. The average molecular weight is 477 g/mol. The largest absolute Gasteiger partial charge is 0.351 e. The molecule has 2 aromatic heterocycles. The summed E-state index contributed by atoms with van der Waals surface area (Å²) >= 11 is 0. The zero-order valence-corrected chi connectivity index (χ0v) is 20.7. The highest BCUT2D eigenvalue weighted by Gasteiger charge is 2.27. The number of benzene rings is 1. The summed E-state index contributed by atoms with van der Waals surface area (Å²) in [5.41, 5.74) is 4.05. The van der Waals surface area contributed by atoms with Crippen molar-refractivity contribution in [2.24, 2.45) is 0 Å². The van der Waals surface area contributed by atoms with E-state index in [0.717, 1.165) is 50.4 Å². The molecular weight excluding hydrogens is 440 g/mol. The first-order valence-electron chi connectivity index (χ1n) is 13.0. The Morgan fingerprint density at radius 2 is 1.80 bits per heavy atom. The normalized spacial score (nSPS) is 17.3. The van der Waals surface area contributed by atoms with E-state index in [2.05, 4.69) is 43.8 Å². The maximum Gasteiger partial charge on any atom is 0.279 e. The average Bonchev–Trinajstić information content (AvgIpc) is 3.15. The predicted molar refractivity (Wildman–Crippen MR) is 137 cm³/mol. The van der Waals surface area contributed by atoms with Gasteiger partial charge in [0, 0.05) is 51.4 Å². The minimum Gasteiger partial charge on any atom is -0.351 e. The minimum absolute atomic E-state index is 0.110. The van der Waals surface area contributed by atoms with Gasteiger partial charge in [-0.25, -0.2) is 0 Å². The van der Waals surface area contributed by atoms with Crippen molar-refractivity contribution >= 4 is 11.6 Å². The summed E-state index contributed by atoms with van der Waals surface area (Å²) in [6, 6.07) is 10.4. The highest BCUT2D eigenvalue weighted by molar-refractivity contribution is 5.99. The number of likely N-dealkylation sites (tertiary alicyclic amines) is 1. The molecule has 0 spiro atoms. The highest BCUT2D eigenvalue weighted by Crippen LogP contribution is 2.22. The SMILES string of the molecule is CCn1c2c(c(=O)n3ncc(C(=O)NCCN4CCCCCC4)c13)CN(Cc1ccccc1)CC2. The molecule has 5 rings (SSSR count). The van der Waals surface area contributed by atoms with E-state index in [1.807, 2.05) is 18.2 Å². The summed E-state index contributed by atoms with van der Waals surface area (Å²) in [5.74, 6) is -0.155. The Balaban J connectivity index is 1.35. The Labute approximate surface area is 206 Å². The second-order valence-electron chi connectivity index (χ2n) is 9.73. The fraction of sp³-hybridized carbons (Fsp3) is 0.519. The molecule has 1 amide bonds. The number of nitrogens with zero attached hydrogens (tertiary/aromatic N) is 5. The van der Waals surface area contributed by atoms with Gasteiger partial charge in [0.2, 0.25) is 0 Å². The van der Waals surface area contributed by atoms with Crippen LogP contribution in [0.1, 0.15) is 59.8 Å². The molecule has 3 aromatic rings. The van der Waals surface area contributed by atoms with Crippen molar-refractivity contribution in [3.05, 3.63) is 69.3 Å². The van der Waals surface area contributed by atoms with E-state index in [9.17, 15) is 9.59 Å². The highest BCUT2D eigenvalue weighted by atomic mass is 16.2. The summed E-state index contributed by atoms with van der Waals surface area (Å²) in [6.45, 7) is 8.71. The van der Waals surface area contributed by atoms with Gasteiger partial charge in [-0.15, -0.1) is 0 Å². The van der Waals surface area contributed by atoms with E-state index < -0.39 is 0 Å². The van der Waals surface area contributed by atoms with Crippen molar-refractivity contribution in [3.63, 3.8) is 0 Å². The Hall–Kier alpha value is -2.97. The molecule has 0 bridgehead atoms. The molecule has 8 heteroatoms. The van der Waals surface area contributed by atoms with Gasteiger partial charge in [-0.1, -0.05) is 43.2 Å². The van der Waals surface area contributed by atoms with Gasteiger partial charge in [0.15, 0.2) is 5.65 Å². The molecule has 2 aliphatic heterocycles. The van der Waals surface area contributed by atoms with Gasteiger partial charge in [0.25, 0.3) is 11.5 Å². The van der Waals surface area contributed by atoms with Crippen LogP contribution in [0.2, 0.25) is 0 Å². The van der Waals surface area contributed by atoms with Crippen LogP contribution >= 0.6 is 0 Å².